The van der Waals surface area contributed by atoms with Crippen LogP contribution in [0.1, 0.15) is 15.9 Å². The van der Waals surface area contributed by atoms with Crippen molar-refractivity contribution in [3.8, 4) is 5.75 Å². The number of benzene rings is 2. The normalized spacial score (nSPS) is 10.4. The molecule has 0 unspecified atom stereocenters. The summed E-state index contributed by atoms with van der Waals surface area (Å²) in [4.78, 5) is 12.1. The largest absolute Gasteiger partial charge is 0.497 e. The number of carbonyl (C=O) groups is 1. The molecule has 0 amide bonds. The Bertz CT molecular complexity index is 641. The molecule has 0 aliphatic carbocycles. The Labute approximate surface area is 129 Å². The van der Waals surface area contributed by atoms with E-state index in [4.69, 9.17) is 16.3 Å². The molecule has 2 rings (SSSR count). The maximum Gasteiger partial charge on any atom is 0.170 e. The molecule has 0 radical (unpaired) electrons. The number of hydrogen-bond acceptors (Lipinski definition) is 2. The van der Waals surface area contributed by atoms with Crippen LogP contribution in [0.25, 0.3) is 0 Å². The quantitative estimate of drug-likeness (QED) is 0.587. The zero-order valence-corrected chi connectivity index (χ0v) is 13.0. The van der Waals surface area contributed by atoms with Gasteiger partial charge in [0, 0.05) is 10.9 Å². The van der Waals surface area contributed by atoms with E-state index in [0.717, 1.165) is 5.56 Å². The molecular weight excluding hydrogens is 347 g/mol. The second-order valence-corrected chi connectivity index (χ2v) is 5.46. The van der Waals surface area contributed by atoms with Crippen molar-refractivity contribution in [3.63, 3.8) is 0 Å². The Hall–Kier alpha value is -1.39. The van der Waals surface area contributed by atoms with Gasteiger partial charge in [0.05, 0.1) is 17.7 Å². The van der Waals surface area contributed by atoms with Crippen LogP contribution in [-0.2, 0) is 6.42 Å². The lowest BCUT2D eigenvalue weighted by molar-refractivity contribution is 0.0989. The fourth-order valence-corrected chi connectivity index (χ4v) is 2.24. The van der Waals surface area contributed by atoms with Crippen molar-refractivity contribution in [3.05, 3.63) is 62.8 Å². The van der Waals surface area contributed by atoms with Crippen LogP contribution in [0.2, 0.25) is 5.02 Å². The summed E-state index contributed by atoms with van der Waals surface area (Å²) >= 11 is 9.01. The summed E-state index contributed by atoms with van der Waals surface area (Å²) in [7, 11) is 1.57. The summed E-state index contributed by atoms with van der Waals surface area (Å²) in [5.41, 5.74) is 0.781. The first kappa shape index (κ1) is 15.0. The number of hydrogen-bond donors (Lipinski definition) is 0. The Balaban J connectivity index is 2.21. The minimum Gasteiger partial charge on any atom is -0.497 e. The van der Waals surface area contributed by atoms with Crippen molar-refractivity contribution in [1.82, 2.24) is 0 Å². The van der Waals surface area contributed by atoms with Crippen LogP contribution < -0.4 is 4.74 Å². The van der Waals surface area contributed by atoms with E-state index in [1.807, 2.05) is 0 Å². The minimum atomic E-state index is -0.584. The topological polar surface area (TPSA) is 26.3 Å². The Morgan fingerprint density at radius 3 is 2.55 bits per heavy atom. The van der Waals surface area contributed by atoms with Crippen molar-refractivity contribution in [2.45, 2.75) is 6.42 Å². The lowest BCUT2D eigenvalue weighted by Gasteiger charge is -2.06. The van der Waals surface area contributed by atoms with Gasteiger partial charge < -0.3 is 4.74 Å². The number of ketones is 1. The second-order valence-electron chi connectivity index (χ2n) is 4.19. The van der Waals surface area contributed by atoms with Crippen LogP contribution in [0, 0.1) is 5.82 Å². The van der Waals surface area contributed by atoms with Crippen LogP contribution in [0.15, 0.2) is 40.9 Å². The maximum absolute atomic E-state index is 13.8. The highest BCUT2D eigenvalue weighted by Gasteiger charge is 2.15. The van der Waals surface area contributed by atoms with Crippen LogP contribution in [0.3, 0.4) is 0 Å². The van der Waals surface area contributed by atoms with Gasteiger partial charge in [0.2, 0.25) is 0 Å². The number of methoxy groups -OCH3 is 1. The van der Waals surface area contributed by atoms with Crippen molar-refractivity contribution < 1.29 is 13.9 Å². The van der Waals surface area contributed by atoms with E-state index in [0.29, 0.717) is 15.2 Å². The van der Waals surface area contributed by atoms with Crippen molar-refractivity contribution in [2.24, 2.45) is 0 Å². The smallest absolute Gasteiger partial charge is 0.170 e. The molecule has 0 saturated heterocycles. The van der Waals surface area contributed by atoms with Crippen molar-refractivity contribution >= 4 is 33.3 Å². The molecule has 20 heavy (non-hydrogen) atoms. The molecule has 0 N–H and O–H groups in total. The Morgan fingerprint density at radius 2 is 1.95 bits per heavy atom. The summed E-state index contributed by atoms with van der Waals surface area (Å²) in [6.07, 6.45) is 0.110. The first-order valence-corrected chi connectivity index (χ1v) is 6.99. The number of Topliss-reactive ketones (excluding diaryl/α,β-unsaturated/α-hetero) is 1. The molecule has 104 valence electrons. The highest BCUT2D eigenvalue weighted by molar-refractivity contribution is 9.10. The lowest BCUT2D eigenvalue weighted by atomic mass is 10.0. The van der Waals surface area contributed by atoms with Gasteiger partial charge in [-0.2, -0.15) is 0 Å². The summed E-state index contributed by atoms with van der Waals surface area (Å²) < 4.78 is 19.2. The first-order chi connectivity index (χ1) is 9.51. The van der Waals surface area contributed by atoms with E-state index in [1.165, 1.54) is 12.1 Å². The summed E-state index contributed by atoms with van der Waals surface area (Å²) in [5, 5.41) is 0.310. The average molecular weight is 358 g/mol. The molecule has 0 fully saturated rings. The average Bonchev–Trinajstić information content (AvgIpc) is 2.43. The van der Waals surface area contributed by atoms with Gasteiger partial charge in [0.15, 0.2) is 5.78 Å². The van der Waals surface area contributed by atoms with E-state index in [2.05, 4.69) is 15.9 Å². The van der Waals surface area contributed by atoms with E-state index in [-0.39, 0.29) is 17.8 Å². The minimum absolute atomic E-state index is 0.00554. The maximum atomic E-state index is 13.8. The predicted molar refractivity (Wildman–Crippen MR) is 80.1 cm³/mol. The third kappa shape index (κ3) is 3.38. The first-order valence-electron chi connectivity index (χ1n) is 5.82. The third-order valence-electron chi connectivity index (χ3n) is 2.83. The number of ether oxygens (including phenoxy) is 1. The fourth-order valence-electron chi connectivity index (χ4n) is 1.76. The van der Waals surface area contributed by atoms with E-state index in [9.17, 15) is 9.18 Å². The van der Waals surface area contributed by atoms with E-state index < -0.39 is 5.82 Å². The highest BCUT2D eigenvalue weighted by Crippen LogP contribution is 2.26. The predicted octanol–water partition coefficient (Wildman–Crippen LogP) is 4.68. The summed E-state index contributed by atoms with van der Waals surface area (Å²) in [6, 6.07) is 9.60. The molecule has 0 saturated carbocycles. The molecule has 5 heteroatoms. The molecule has 2 nitrogen and oxygen atoms in total. The monoisotopic (exact) mass is 356 g/mol. The van der Waals surface area contributed by atoms with Crippen LogP contribution in [-0.4, -0.2) is 12.9 Å². The Morgan fingerprint density at radius 1 is 1.30 bits per heavy atom. The number of rotatable bonds is 4. The summed E-state index contributed by atoms with van der Waals surface area (Å²) in [5.74, 6) is -0.194. The van der Waals surface area contributed by atoms with Gasteiger partial charge in [-0.05, 0) is 45.8 Å². The zero-order valence-electron chi connectivity index (χ0n) is 10.6. The standard InChI is InChI=1S/C15H11BrClFO2/c1-20-10-4-2-9(3-5-10)6-15(19)11-7-13(17)12(16)8-14(11)18/h2-5,7-8H,6H2,1H3. The molecule has 0 bridgehead atoms. The molecule has 0 heterocycles. The van der Waals surface area contributed by atoms with E-state index in [1.54, 1.807) is 31.4 Å². The third-order valence-corrected chi connectivity index (χ3v) is 4.03. The van der Waals surface area contributed by atoms with Gasteiger partial charge >= 0.3 is 0 Å². The second kappa shape index (κ2) is 6.37. The van der Waals surface area contributed by atoms with Gasteiger partial charge in [0.1, 0.15) is 11.6 Å². The molecule has 0 spiro atoms. The highest BCUT2D eigenvalue weighted by atomic mass is 79.9. The number of carbonyl (C=O) groups excluding carboxylic acids is 1. The fraction of sp³-hybridized carbons (Fsp3) is 0.133. The van der Waals surface area contributed by atoms with Crippen LogP contribution in [0.5, 0.6) is 5.75 Å². The zero-order chi connectivity index (χ0) is 14.7. The lowest BCUT2D eigenvalue weighted by Crippen LogP contribution is -2.06. The van der Waals surface area contributed by atoms with Gasteiger partial charge in [-0.1, -0.05) is 23.7 Å². The van der Waals surface area contributed by atoms with Gasteiger partial charge in [-0.25, -0.2) is 4.39 Å². The van der Waals surface area contributed by atoms with Gasteiger partial charge in [-0.3, -0.25) is 4.79 Å². The van der Waals surface area contributed by atoms with Crippen molar-refractivity contribution in [2.75, 3.05) is 7.11 Å². The molecule has 0 aromatic heterocycles. The number of halogens is 3. The summed E-state index contributed by atoms with van der Waals surface area (Å²) in [6.45, 7) is 0. The Kier molecular flexibility index (Phi) is 4.78. The van der Waals surface area contributed by atoms with Gasteiger partial charge in [0.25, 0.3) is 0 Å². The van der Waals surface area contributed by atoms with Crippen molar-refractivity contribution in [1.29, 1.82) is 0 Å². The van der Waals surface area contributed by atoms with Crippen LogP contribution in [0.4, 0.5) is 4.39 Å². The molecule has 2 aromatic rings. The molecule has 2 aromatic carbocycles. The van der Waals surface area contributed by atoms with Crippen LogP contribution >= 0.6 is 27.5 Å². The molecule has 0 aliphatic heterocycles. The molecule has 0 atom stereocenters. The van der Waals surface area contributed by atoms with E-state index >= 15 is 0 Å². The SMILES string of the molecule is COc1ccc(CC(=O)c2cc(Cl)c(Br)cc2F)cc1. The molecular formula is C15H11BrClFO2. The molecule has 0 aliphatic rings. The van der Waals surface area contributed by atoms with Gasteiger partial charge in [-0.15, -0.1) is 0 Å².